The van der Waals surface area contributed by atoms with Crippen molar-refractivity contribution in [3.05, 3.63) is 0 Å². The maximum absolute atomic E-state index is 12.0. The number of carbonyl (C=O) groups is 3. The first kappa shape index (κ1) is 15.5. The molecule has 6 heteroatoms. The molecule has 0 aromatic rings. The molecule has 0 spiro atoms. The van der Waals surface area contributed by atoms with Crippen molar-refractivity contribution in [2.24, 2.45) is 11.8 Å². The molecule has 1 saturated carbocycles. The number of likely N-dealkylation sites (N-methyl/N-ethyl adjacent to an activating group) is 1. The second-order valence-corrected chi connectivity index (χ2v) is 5.13. The molecule has 1 fully saturated rings. The predicted molar refractivity (Wildman–Crippen MR) is 69.4 cm³/mol. The molecule has 3 unspecified atom stereocenters. The Labute approximate surface area is 113 Å². The second-order valence-electron chi connectivity index (χ2n) is 5.13. The minimum atomic E-state index is -0.842. The lowest BCUT2D eigenvalue weighted by molar-refractivity contribution is -0.141. The Morgan fingerprint density at radius 3 is 2.37 bits per heavy atom. The quantitative estimate of drug-likeness (QED) is 0.760. The molecule has 0 aromatic heterocycles. The number of carbonyl (C=O) groups excluding carboxylic acids is 2. The summed E-state index contributed by atoms with van der Waals surface area (Å²) < 4.78 is 0. The molecule has 6 nitrogen and oxygen atoms in total. The monoisotopic (exact) mass is 270 g/mol. The molecular formula is C13H22N2O4. The molecule has 2 N–H and O–H groups in total. The van der Waals surface area contributed by atoms with Crippen LogP contribution in [-0.4, -0.2) is 47.4 Å². The first-order valence-electron chi connectivity index (χ1n) is 6.65. The van der Waals surface area contributed by atoms with E-state index in [1.165, 1.54) is 0 Å². The molecule has 2 amide bonds. The number of rotatable bonds is 5. The van der Waals surface area contributed by atoms with Crippen LogP contribution in [-0.2, 0) is 14.4 Å². The summed E-state index contributed by atoms with van der Waals surface area (Å²) in [6.07, 6.45) is 1.48. The van der Waals surface area contributed by atoms with E-state index in [0.717, 1.165) is 0 Å². The molecule has 0 aliphatic heterocycles. The van der Waals surface area contributed by atoms with Crippen molar-refractivity contribution < 1.29 is 19.5 Å². The lowest BCUT2D eigenvalue weighted by atomic mass is 10.0. The van der Waals surface area contributed by atoms with E-state index in [9.17, 15) is 14.4 Å². The van der Waals surface area contributed by atoms with Gasteiger partial charge in [-0.25, -0.2) is 0 Å². The predicted octanol–water partition coefficient (Wildman–Crippen LogP) is 0.470. The summed E-state index contributed by atoms with van der Waals surface area (Å²) in [5.41, 5.74) is 0. The number of hydrogen-bond donors (Lipinski definition) is 2. The standard InChI is InChI=1S/C13H22N2O4/c1-4-15(3)12(17)8(2)14-11(16)9-5-6-10(7-9)13(18)19/h8-10H,4-7H2,1-3H3,(H,14,16)(H,18,19). The van der Waals surface area contributed by atoms with Gasteiger partial charge < -0.3 is 15.3 Å². The molecule has 0 aromatic carbocycles. The third kappa shape index (κ3) is 3.94. The molecule has 0 saturated heterocycles. The first-order chi connectivity index (χ1) is 8.86. The zero-order valence-corrected chi connectivity index (χ0v) is 11.7. The highest BCUT2D eigenvalue weighted by molar-refractivity contribution is 5.88. The molecular weight excluding hydrogens is 248 g/mol. The Morgan fingerprint density at radius 1 is 1.32 bits per heavy atom. The Hall–Kier alpha value is -1.59. The first-order valence-corrected chi connectivity index (χ1v) is 6.65. The van der Waals surface area contributed by atoms with Crippen LogP contribution in [0.3, 0.4) is 0 Å². The normalized spacial score (nSPS) is 23.7. The van der Waals surface area contributed by atoms with Crippen LogP contribution in [0.15, 0.2) is 0 Å². The highest BCUT2D eigenvalue weighted by Crippen LogP contribution is 2.31. The Bertz CT molecular complexity index is 370. The topological polar surface area (TPSA) is 86.7 Å². The van der Waals surface area contributed by atoms with Crippen LogP contribution in [0.1, 0.15) is 33.1 Å². The summed E-state index contributed by atoms with van der Waals surface area (Å²) in [6.45, 7) is 4.10. The van der Waals surface area contributed by atoms with E-state index < -0.39 is 17.9 Å². The average molecular weight is 270 g/mol. The van der Waals surface area contributed by atoms with Crippen LogP contribution in [0.5, 0.6) is 0 Å². The Morgan fingerprint density at radius 2 is 1.89 bits per heavy atom. The lowest BCUT2D eigenvalue weighted by Crippen LogP contribution is -2.47. The van der Waals surface area contributed by atoms with Crippen LogP contribution in [0.25, 0.3) is 0 Å². The maximum atomic E-state index is 12.0. The van der Waals surface area contributed by atoms with Gasteiger partial charge in [0.1, 0.15) is 6.04 Å². The van der Waals surface area contributed by atoms with Crippen LogP contribution in [0.2, 0.25) is 0 Å². The largest absolute Gasteiger partial charge is 0.481 e. The molecule has 19 heavy (non-hydrogen) atoms. The number of carboxylic acids is 1. The lowest BCUT2D eigenvalue weighted by Gasteiger charge is -2.21. The van der Waals surface area contributed by atoms with Gasteiger partial charge in [-0.3, -0.25) is 14.4 Å². The molecule has 0 bridgehead atoms. The number of aliphatic carboxylic acids is 1. The van der Waals surface area contributed by atoms with E-state index >= 15 is 0 Å². The Kier molecular flexibility index (Phi) is 5.32. The van der Waals surface area contributed by atoms with Gasteiger partial charge in [0, 0.05) is 19.5 Å². The smallest absolute Gasteiger partial charge is 0.306 e. The number of nitrogens with zero attached hydrogens (tertiary/aromatic N) is 1. The van der Waals surface area contributed by atoms with E-state index in [1.54, 1.807) is 18.9 Å². The number of carboxylic acid groups (broad SMARTS) is 1. The van der Waals surface area contributed by atoms with Crippen molar-refractivity contribution in [3.63, 3.8) is 0 Å². The third-order valence-corrected chi connectivity index (χ3v) is 3.73. The molecule has 3 atom stereocenters. The summed E-state index contributed by atoms with van der Waals surface area (Å²) in [7, 11) is 1.68. The molecule has 1 aliphatic rings. The zero-order valence-electron chi connectivity index (χ0n) is 11.7. The Balaban J connectivity index is 2.48. The highest BCUT2D eigenvalue weighted by atomic mass is 16.4. The second kappa shape index (κ2) is 6.54. The van der Waals surface area contributed by atoms with Gasteiger partial charge in [-0.2, -0.15) is 0 Å². The fourth-order valence-corrected chi connectivity index (χ4v) is 2.32. The van der Waals surface area contributed by atoms with E-state index in [1.807, 2.05) is 6.92 Å². The highest BCUT2D eigenvalue weighted by Gasteiger charge is 2.34. The number of amides is 2. The summed E-state index contributed by atoms with van der Waals surface area (Å²) in [6, 6.07) is -0.568. The van der Waals surface area contributed by atoms with Crippen LogP contribution >= 0.6 is 0 Å². The molecule has 1 rings (SSSR count). The van der Waals surface area contributed by atoms with Gasteiger partial charge in [0.15, 0.2) is 0 Å². The van der Waals surface area contributed by atoms with Crippen molar-refractivity contribution in [1.29, 1.82) is 0 Å². The van der Waals surface area contributed by atoms with E-state index in [2.05, 4.69) is 5.32 Å². The van der Waals surface area contributed by atoms with Crippen molar-refractivity contribution in [3.8, 4) is 0 Å². The van der Waals surface area contributed by atoms with Gasteiger partial charge in [-0.05, 0) is 33.1 Å². The number of nitrogens with one attached hydrogen (secondary N) is 1. The van der Waals surface area contributed by atoms with E-state index in [0.29, 0.717) is 25.8 Å². The van der Waals surface area contributed by atoms with Crippen molar-refractivity contribution in [2.75, 3.05) is 13.6 Å². The van der Waals surface area contributed by atoms with Crippen molar-refractivity contribution in [1.82, 2.24) is 10.2 Å². The van der Waals surface area contributed by atoms with Gasteiger partial charge in [0.25, 0.3) is 0 Å². The van der Waals surface area contributed by atoms with E-state index in [4.69, 9.17) is 5.11 Å². The SMILES string of the molecule is CCN(C)C(=O)C(C)NC(=O)C1CCC(C(=O)O)C1. The average Bonchev–Trinajstić information content (AvgIpc) is 2.86. The van der Waals surface area contributed by atoms with Gasteiger partial charge >= 0.3 is 5.97 Å². The fourth-order valence-electron chi connectivity index (χ4n) is 2.32. The summed E-state index contributed by atoms with van der Waals surface area (Å²) >= 11 is 0. The summed E-state index contributed by atoms with van der Waals surface area (Å²) in [4.78, 5) is 36.2. The zero-order chi connectivity index (χ0) is 14.6. The van der Waals surface area contributed by atoms with Gasteiger partial charge in [-0.1, -0.05) is 0 Å². The van der Waals surface area contributed by atoms with Crippen LogP contribution in [0.4, 0.5) is 0 Å². The van der Waals surface area contributed by atoms with Crippen molar-refractivity contribution >= 4 is 17.8 Å². The maximum Gasteiger partial charge on any atom is 0.306 e. The minimum Gasteiger partial charge on any atom is -0.481 e. The van der Waals surface area contributed by atoms with Crippen molar-refractivity contribution in [2.45, 2.75) is 39.2 Å². The molecule has 0 heterocycles. The molecule has 108 valence electrons. The van der Waals surface area contributed by atoms with Gasteiger partial charge in [0.2, 0.25) is 11.8 Å². The van der Waals surface area contributed by atoms with Crippen LogP contribution in [0, 0.1) is 11.8 Å². The third-order valence-electron chi connectivity index (χ3n) is 3.73. The molecule has 1 aliphatic carbocycles. The molecule has 0 radical (unpaired) electrons. The minimum absolute atomic E-state index is 0.136. The van der Waals surface area contributed by atoms with Gasteiger partial charge in [-0.15, -0.1) is 0 Å². The number of hydrogen-bond acceptors (Lipinski definition) is 3. The van der Waals surface area contributed by atoms with E-state index in [-0.39, 0.29) is 17.7 Å². The van der Waals surface area contributed by atoms with Gasteiger partial charge in [0.05, 0.1) is 5.92 Å². The fraction of sp³-hybridized carbons (Fsp3) is 0.769. The summed E-state index contributed by atoms with van der Waals surface area (Å²) in [5, 5.41) is 11.6. The van der Waals surface area contributed by atoms with Crippen LogP contribution < -0.4 is 5.32 Å². The summed E-state index contributed by atoms with van der Waals surface area (Å²) in [5.74, 6) is -1.91.